The summed E-state index contributed by atoms with van der Waals surface area (Å²) in [5, 5.41) is 13.9. The summed E-state index contributed by atoms with van der Waals surface area (Å²) in [5.41, 5.74) is 3.84. The van der Waals surface area contributed by atoms with Gasteiger partial charge in [0.25, 0.3) is 0 Å². The molecule has 0 saturated heterocycles. The summed E-state index contributed by atoms with van der Waals surface area (Å²) >= 11 is 0. The van der Waals surface area contributed by atoms with Gasteiger partial charge in [0.05, 0.1) is 18.8 Å². The molecular formula is C16H15N3O. The number of aromatic nitrogens is 3. The molecule has 0 aliphatic rings. The fourth-order valence-corrected chi connectivity index (χ4v) is 2.20. The van der Waals surface area contributed by atoms with Crippen molar-refractivity contribution < 1.29 is 5.11 Å². The maximum Gasteiger partial charge on any atom is 0.0957 e. The Bertz CT molecular complexity index is 677. The van der Waals surface area contributed by atoms with Gasteiger partial charge in [-0.25, -0.2) is 0 Å². The zero-order valence-electron chi connectivity index (χ0n) is 11.0. The first-order valence-electron chi connectivity index (χ1n) is 6.48. The highest BCUT2D eigenvalue weighted by Gasteiger charge is 2.10. The molecule has 0 amide bonds. The second-order valence-electron chi connectivity index (χ2n) is 4.57. The van der Waals surface area contributed by atoms with Gasteiger partial charge in [-0.3, -0.25) is 9.67 Å². The highest BCUT2D eigenvalue weighted by Crippen LogP contribution is 2.22. The van der Waals surface area contributed by atoms with Gasteiger partial charge in [-0.1, -0.05) is 30.3 Å². The molecule has 0 unspecified atom stereocenters. The van der Waals surface area contributed by atoms with Crippen molar-refractivity contribution in [3.05, 3.63) is 72.3 Å². The first kappa shape index (κ1) is 12.6. The third kappa shape index (κ3) is 2.60. The molecule has 3 aromatic rings. The van der Waals surface area contributed by atoms with E-state index in [0.717, 1.165) is 11.1 Å². The number of rotatable bonds is 4. The van der Waals surface area contributed by atoms with Crippen molar-refractivity contribution >= 4 is 0 Å². The first-order valence-corrected chi connectivity index (χ1v) is 6.48. The van der Waals surface area contributed by atoms with E-state index in [1.165, 1.54) is 5.56 Å². The molecule has 0 bridgehead atoms. The molecule has 0 saturated carbocycles. The Morgan fingerprint density at radius 3 is 2.45 bits per heavy atom. The van der Waals surface area contributed by atoms with Gasteiger partial charge in [-0.15, -0.1) is 0 Å². The van der Waals surface area contributed by atoms with Crippen LogP contribution in [0.2, 0.25) is 0 Å². The Kier molecular flexibility index (Phi) is 3.56. The van der Waals surface area contributed by atoms with Crippen molar-refractivity contribution in [3.63, 3.8) is 0 Å². The van der Waals surface area contributed by atoms with Crippen LogP contribution in [0.15, 0.2) is 61.1 Å². The normalized spacial score (nSPS) is 10.7. The van der Waals surface area contributed by atoms with Gasteiger partial charge in [0.1, 0.15) is 0 Å². The monoisotopic (exact) mass is 265 g/mol. The highest BCUT2D eigenvalue weighted by molar-refractivity contribution is 5.64. The molecule has 0 atom stereocenters. The van der Waals surface area contributed by atoms with E-state index < -0.39 is 0 Å². The summed E-state index contributed by atoms with van der Waals surface area (Å²) in [4.78, 5) is 4.01. The summed E-state index contributed by atoms with van der Waals surface area (Å²) in [7, 11) is 0. The average Bonchev–Trinajstić information content (AvgIpc) is 2.92. The maximum atomic E-state index is 9.47. The molecule has 0 aliphatic carbocycles. The molecule has 100 valence electrons. The van der Waals surface area contributed by atoms with Gasteiger partial charge >= 0.3 is 0 Å². The van der Waals surface area contributed by atoms with Gasteiger partial charge in [-0.2, -0.15) is 5.10 Å². The molecule has 4 heteroatoms. The van der Waals surface area contributed by atoms with E-state index in [-0.39, 0.29) is 6.61 Å². The standard InChI is InChI=1S/C16H15N3O/c20-12-16-15(14-6-8-17-9-7-14)11-19(18-16)10-13-4-2-1-3-5-13/h1-9,11,20H,10,12H2. The average molecular weight is 265 g/mol. The Morgan fingerprint density at radius 2 is 1.75 bits per heavy atom. The van der Waals surface area contributed by atoms with Crippen molar-refractivity contribution in [2.24, 2.45) is 0 Å². The van der Waals surface area contributed by atoms with Crippen LogP contribution < -0.4 is 0 Å². The van der Waals surface area contributed by atoms with Crippen LogP contribution >= 0.6 is 0 Å². The van der Waals surface area contributed by atoms with E-state index in [1.54, 1.807) is 12.4 Å². The minimum Gasteiger partial charge on any atom is -0.390 e. The molecule has 1 aromatic carbocycles. The van der Waals surface area contributed by atoms with E-state index >= 15 is 0 Å². The third-order valence-electron chi connectivity index (χ3n) is 3.17. The number of hydrogen-bond donors (Lipinski definition) is 1. The quantitative estimate of drug-likeness (QED) is 0.788. The Balaban J connectivity index is 1.93. The molecule has 0 spiro atoms. The first-order chi connectivity index (χ1) is 9.86. The molecule has 0 radical (unpaired) electrons. The number of hydrogen-bond acceptors (Lipinski definition) is 3. The lowest BCUT2D eigenvalue weighted by Gasteiger charge is -2.00. The minimum absolute atomic E-state index is 0.0700. The SMILES string of the molecule is OCc1nn(Cc2ccccc2)cc1-c1ccncc1. The summed E-state index contributed by atoms with van der Waals surface area (Å²) in [6.07, 6.45) is 5.45. The van der Waals surface area contributed by atoms with Crippen molar-refractivity contribution in [2.75, 3.05) is 0 Å². The Labute approximate surface area is 117 Å². The maximum absolute atomic E-state index is 9.47. The van der Waals surface area contributed by atoms with E-state index in [0.29, 0.717) is 12.2 Å². The molecule has 0 aliphatic heterocycles. The van der Waals surface area contributed by atoms with Crippen LogP contribution in [0.4, 0.5) is 0 Å². The van der Waals surface area contributed by atoms with E-state index in [2.05, 4.69) is 22.2 Å². The van der Waals surface area contributed by atoms with E-state index in [1.807, 2.05) is 41.2 Å². The number of nitrogens with zero attached hydrogens (tertiary/aromatic N) is 3. The zero-order chi connectivity index (χ0) is 13.8. The van der Waals surface area contributed by atoms with Crippen LogP contribution in [-0.2, 0) is 13.2 Å². The Hall–Kier alpha value is -2.46. The van der Waals surface area contributed by atoms with Crippen LogP contribution in [0.25, 0.3) is 11.1 Å². The van der Waals surface area contributed by atoms with Crippen LogP contribution in [0, 0.1) is 0 Å². The lowest BCUT2D eigenvalue weighted by atomic mass is 10.1. The van der Waals surface area contributed by atoms with Gasteiger partial charge < -0.3 is 5.11 Å². The van der Waals surface area contributed by atoms with Crippen LogP contribution in [0.3, 0.4) is 0 Å². The van der Waals surface area contributed by atoms with Crippen LogP contribution in [-0.4, -0.2) is 19.9 Å². The third-order valence-corrected chi connectivity index (χ3v) is 3.17. The summed E-state index contributed by atoms with van der Waals surface area (Å²) in [6, 6.07) is 14.0. The topological polar surface area (TPSA) is 50.9 Å². The fourth-order valence-electron chi connectivity index (χ4n) is 2.20. The lowest BCUT2D eigenvalue weighted by Crippen LogP contribution is -2.00. The molecule has 0 fully saturated rings. The fraction of sp³-hybridized carbons (Fsp3) is 0.125. The number of aliphatic hydroxyl groups is 1. The molecule has 1 N–H and O–H groups in total. The van der Waals surface area contributed by atoms with Crippen molar-refractivity contribution in [3.8, 4) is 11.1 Å². The van der Waals surface area contributed by atoms with E-state index in [4.69, 9.17) is 0 Å². The number of pyridine rings is 1. The zero-order valence-corrected chi connectivity index (χ0v) is 11.0. The van der Waals surface area contributed by atoms with Crippen LogP contribution in [0.5, 0.6) is 0 Å². The highest BCUT2D eigenvalue weighted by atomic mass is 16.3. The molecule has 20 heavy (non-hydrogen) atoms. The second-order valence-corrected chi connectivity index (χ2v) is 4.57. The minimum atomic E-state index is -0.0700. The summed E-state index contributed by atoms with van der Waals surface area (Å²) in [6.45, 7) is 0.623. The smallest absolute Gasteiger partial charge is 0.0957 e. The van der Waals surface area contributed by atoms with E-state index in [9.17, 15) is 5.11 Å². The van der Waals surface area contributed by atoms with Gasteiger partial charge in [-0.05, 0) is 23.3 Å². The lowest BCUT2D eigenvalue weighted by molar-refractivity contribution is 0.276. The van der Waals surface area contributed by atoms with Crippen LogP contribution in [0.1, 0.15) is 11.3 Å². The van der Waals surface area contributed by atoms with Crippen molar-refractivity contribution in [1.29, 1.82) is 0 Å². The summed E-state index contributed by atoms with van der Waals surface area (Å²) < 4.78 is 1.86. The number of aliphatic hydroxyl groups excluding tert-OH is 1. The molecule has 3 rings (SSSR count). The molecule has 4 nitrogen and oxygen atoms in total. The summed E-state index contributed by atoms with van der Waals surface area (Å²) in [5.74, 6) is 0. The molecular weight excluding hydrogens is 250 g/mol. The van der Waals surface area contributed by atoms with Gasteiger partial charge in [0.15, 0.2) is 0 Å². The van der Waals surface area contributed by atoms with Crippen molar-refractivity contribution in [1.82, 2.24) is 14.8 Å². The molecule has 2 aromatic heterocycles. The molecule has 2 heterocycles. The second kappa shape index (κ2) is 5.67. The largest absolute Gasteiger partial charge is 0.390 e. The predicted molar refractivity (Wildman–Crippen MR) is 76.9 cm³/mol. The van der Waals surface area contributed by atoms with Gasteiger partial charge in [0.2, 0.25) is 0 Å². The number of benzene rings is 1. The predicted octanol–water partition coefficient (Wildman–Crippen LogP) is 2.49. The van der Waals surface area contributed by atoms with Crippen molar-refractivity contribution in [2.45, 2.75) is 13.2 Å². The van der Waals surface area contributed by atoms with Gasteiger partial charge in [0, 0.05) is 24.2 Å². The Morgan fingerprint density at radius 1 is 1.00 bits per heavy atom.